The fourth-order valence-corrected chi connectivity index (χ4v) is 3.46. The van der Waals surface area contributed by atoms with Crippen molar-refractivity contribution in [2.75, 3.05) is 11.3 Å². The summed E-state index contributed by atoms with van der Waals surface area (Å²) >= 11 is 3.32. The molecular formula is C15H17BrN2O2S. The molecule has 0 radical (unpaired) electrons. The number of anilines is 1. The van der Waals surface area contributed by atoms with Gasteiger partial charge in [0.1, 0.15) is 0 Å². The van der Waals surface area contributed by atoms with Crippen LogP contribution in [0.15, 0.2) is 57.9 Å². The van der Waals surface area contributed by atoms with E-state index in [2.05, 4.69) is 26.0 Å². The maximum atomic E-state index is 12.5. The molecule has 4 nitrogen and oxygen atoms in total. The molecule has 2 N–H and O–H groups in total. The molecule has 6 heteroatoms. The van der Waals surface area contributed by atoms with Gasteiger partial charge in [-0.3, -0.25) is 4.72 Å². The van der Waals surface area contributed by atoms with Gasteiger partial charge >= 0.3 is 0 Å². The summed E-state index contributed by atoms with van der Waals surface area (Å²) in [4.78, 5) is 0.300. The Morgan fingerprint density at radius 3 is 2.38 bits per heavy atom. The molecule has 112 valence electrons. The van der Waals surface area contributed by atoms with Crippen LogP contribution in [0.25, 0.3) is 0 Å². The van der Waals surface area contributed by atoms with Crippen molar-refractivity contribution < 1.29 is 8.42 Å². The fourth-order valence-electron chi connectivity index (χ4n) is 1.90. The molecule has 2 rings (SSSR count). The van der Waals surface area contributed by atoms with E-state index in [1.807, 2.05) is 19.1 Å². The number of benzene rings is 2. The molecule has 0 aliphatic carbocycles. The molecule has 0 amide bonds. The standard InChI is InChI=1S/C15H17BrN2O2S/c1-2-17-11-12-5-3-4-6-15(12)21(19,20)18-14-9-7-13(16)8-10-14/h3-10,17-18H,2,11H2,1H3. The van der Waals surface area contributed by atoms with Gasteiger partial charge in [-0.15, -0.1) is 0 Å². The van der Waals surface area contributed by atoms with Crippen LogP contribution in [0.5, 0.6) is 0 Å². The lowest BCUT2D eigenvalue weighted by atomic mass is 10.2. The van der Waals surface area contributed by atoms with Crippen molar-refractivity contribution in [1.82, 2.24) is 5.32 Å². The second kappa shape index (κ2) is 7.06. The van der Waals surface area contributed by atoms with Crippen LogP contribution in [0.2, 0.25) is 0 Å². The third kappa shape index (κ3) is 4.30. The van der Waals surface area contributed by atoms with Gasteiger partial charge in [-0.25, -0.2) is 8.42 Å². The van der Waals surface area contributed by atoms with Crippen molar-refractivity contribution in [3.8, 4) is 0 Å². The Morgan fingerprint density at radius 2 is 1.71 bits per heavy atom. The summed E-state index contributed by atoms with van der Waals surface area (Å²) in [6.07, 6.45) is 0. The molecule has 0 unspecified atom stereocenters. The minimum absolute atomic E-state index is 0.300. The number of sulfonamides is 1. The Morgan fingerprint density at radius 1 is 1.05 bits per heavy atom. The summed E-state index contributed by atoms with van der Waals surface area (Å²) in [6, 6.07) is 14.0. The van der Waals surface area contributed by atoms with Gasteiger partial charge in [0.05, 0.1) is 4.90 Å². The number of rotatable bonds is 6. The van der Waals surface area contributed by atoms with Gasteiger partial charge in [-0.05, 0) is 42.4 Å². The van der Waals surface area contributed by atoms with E-state index in [9.17, 15) is 8.42 Å². The molecule has 2 aromatic carbocycles. The molecule has 0 heterocycles. The highest BCUT2D eigenvalue weighted by atomic mass is 79.9. The molecule has 0 bridgehead atoms. The van der Waals surface area contributed by atoms with Gasteiger partial charge in [-0.2, -0.15) is 0 Å². The Labute approximate surface area is 133 Å². The Hall–Kier alpha value is -1.37. The van der Waals surface area contributed by atoms with Gasteiger partial charge in [0.2, 0.25) is 0 Å². The van der Waals surface area contributed by atoms with E-state index in [-0.39, 0.29) is 0 Å². The lowest BCUT2D eigenvalue weighted by molar-refractivity contribution is 0.598. The zero-order valence-electron chi connectivity index (χ0n) is 11.6. The molecule has 0 saturated heterocycles. The molecular weight excluding hydrogens is 352 g/mol. The van der Waals surface area contributed by atoms with E-state index in [0.29, 0.717) is 17.1 Å². The topological polar surface area (TPSA) is 58.2 Å². The van der Waals surface area contributed by atoms with Crippen LogP contribution in [0, 0.1) is 0 Å². The van der Waals surface area contributed by atoms with Crippen molar-refractivity contribution >= 4 is 31.6 Å². The van der Waals surface area contributed by atoms with Crippen LogP contribution < -0.4 is 10.0 Å². The van der Waals surface area contributed by atoms with Crippen LogP contribution in [0.3, 0.4) is 0 Å². The van der Waals surface area contributed by atoms with Crippen molar-refractivity contribution in [3.63, 3.8) is 0 Å². The average Bonchev–Trinajstić information content (AvgIpc) is 2.47. The normalized spacial score (nSPS) is 11.3. The molecule has 2 aromatic rings. The summed E-state index contributed by atoms with van der Waals surface area (Å²) in [7, 11) is -3.59. The smallest absolute Gasteiger partial charge is 0.262 e. The third-order valence-corrected chi connectivity index (χ3v) is 4.93. The van der Waals surface area contributed by atoms with Crippen LogP contribution >= 0.6 is 15.9 Å². The molecule has 0 aromatic heterocycles. The highest BCUT2D eigenvalue weighted by Gasteiger charge is 2.17. The Kier molecular flexibility index (Phi) is 5.39. The second-order valence-corrected chi connectivity index (χ2v) is 7.07. The van der Waals surface area contributed by atoms with Crippen molar-refractivity contribution in [1.29, 1.82) is 0 Å². The van der Waals surface area contributed by atoms with E-state index in [1.165, 1.54) is 0 Å². The van der Waals surface area contributed by atoms with E-state index in [4.69, 9.17) is 0 Å². The monoisotopic (exact) mass is 368 g/mol. The van der Waals surface area contributed by atoms with Gasteiger partial charge in [-0.1, -0.05) is 41.1 Å². The SMILES string of the molecule is CCNCc1ccccc1S(=O)(=O)Nc1ccc(Br)cc1. The van der Waals surface area contributed by atoms with Gasteiger partial charge < -0.3 is 5.32 Å². The number of hydrogen-bond donors (Lipinski definition) is 2. The molecule has 0 saturated carbocycles. The molecule has 0 aliphatic rings. The minimum atomic E-state index is -3.59. The largest absolute Gasteiger partial charge is 0.313 e. The Balaban J connectivity index is 2.29. The summed E-state index contributed by atoms with van der Waals surface area (Å²) in [5.74, 6) is 0. The first-order valence-electron chi connectivity index (χ1n) is 6.60. The summed E-state index contributed by atoms with van der Waals surface area (Å²) in [6.45, 7) is 3.29. The first-order valence-corrected chi connectivity index (χ1v) is 8.87. The number of hydrogen-bond acceptors (Lipinski definition) is 3. The average molecular weight is 369 g/mol. The fraction of sp³-hybridized carbons (Fsp3) is 0.200. The maximum absolute atomic E-state index is 12.5. The molecule has 0 spiro atoms. The van der Waals surface area contributed by atoms with Gasteiger partial charge in [0, 0.05) is 16.7 Å². The molecule has 0 atom stereocenters. The molecule has 21 heavy (non-hydrogen) atoms. The molecule has 0 aliphatic heterocycles. The predicted molar refractivity (Wildman–Crippen MR) is 88.8 cm³/mol. The van der Waals surface area contributed by atoms with E-state index in [1.54, 1.807) is 36.4 Å². The Bertz CT molecular complexity index is 700. The number of nitrogens with one attached hydrogen (secondary N) is 2. The number of halogens is 1. The zero-order chi connectivity index (χ0) is 15.3. The lowest BCUT2D eigenvalue weighted by Crippen LogP contribution is -2.18. The van der Waals surface area contributed by atoms with Crippen LogP contribution in [-0.4, -0.2) is 15.0 Å². The van der Waals surface area contributed by atoms with Crippen molar-refractivity contribution in [2.24, 2.45) is 0 Å². The highest BCUT2D eigenvalue weighted by molar-refractivity contribution is 9.10. The van der Waals surface area contributed by atoms with Crippen molar-refractivity contribution in [3.05, 3.63) is 58.6 Å². The predicted octanol–water partition coefficient (Wildman–Crippen LogP) is 3.36. The van der Waals surface area contributed by atoms with E-state index < -0.39 is 10.0 Å². The van der Waals surface area contributed by atoms with Gasteiger partial charge in [0.25, 0.3) is 10.0 Å². The summed E-state index contributed by atoms with van der Waals surface area (Å²) < 4.78 is 28.5. The lowest BCUT2D eigenvalue weighted by Gasteiger charge is -2.12. The molecule has 0 fully saturated rings. The van der Waals surface area contributed by atoms with E-state index in [0.717, 1.165) is 16.6 Å². The second-order valence-electron chi connectivity index (χ2n) is 4.50. The van der Waals surface area contributed by atoms with Crippen LogP contribution in [0.4, 0.5) is 5.69 Å². The quantitative estimate of drug-likeness (QED) is 0.821. The first kappa shape index (κ1) is 16.0. The summed E-state index contributed by atoms with van der Waals surface area (Å²) in [5, 5.41) is 3.15. The van der Waals surface area contributed by atoms with Crippen molar-refractivity contribution in [2.45, 2.75) is 18.4 Å². The van der Waals surface area contributed by atoms with Gasteiger partial charge in [0.15, 0.2) is 0 Å². The summed E-state index contributed by atoms with van der Waals surface area (Å²) in [5.41, 5.74) is 1.29. The third-order valence-electron chi connectivity index (χ3n) is 2.92. The van der Waals surface area contributed by atoms with Crippen LogP contribution in [0.1, 0.15) is 12.5 Å². The van der Waals surface area contributed by atoms with E-state index >= 15 is 0 Å². The minimum Gasteiger partial charge on any atom is -0.313 e. The highest BCUT2D eigenvalue weighted by Crippen LogP contribution is 2.21. The van der Waals surface area contributed by atoms with Crippen LogP contribution in [-0.2, 0) is 16.6 Å². The zero-order valence-corrected chi connectivity index (χ0v) is 14.0. The maximum Gasteiger partial charge on any atom is 0.262 e. The first-order chi connectivity index (χ1) is 10.0.